The lowest BCUT2D eigenvalue weighted by molar-refractivity contribution is 0.00539. The SMILES string of the molecule is COc1c(C=O)nc(C(C)C(c2cnn(CC(C)(C)OC)c2)c2ccccc2C#N)n(C)c1=O. The lowest BCUT2D eigenvalue weighted by Crippen LogP contribution is -2.29. The minimum Gasteiger partial charge on any atom is -0.489 e. The minimum absolute atomic E-state index is 0.0580. The van der Waals surface area contributed by atoms with Crippen LogP contribution in [0.25, 0.3) is 0 Å². The Kier molecular flexibility index (Phi) is 7.32. The molecule has 0 aliphatic carbocycles. The van der Waals surface area contributed by atoms with Gasteiger partial charge in [-0.3, -0.25) is 18.8 Å². The van der Waals surface area contributed by atoms with E-state index in [1.807, 2.05) is 39.1 Å². The quantitative estimate of drug-likeness (QED) is 0.448. The average Bonchev–Trinajstić information content (AvgIpc) is 3.27. The van der Waals surface area contributed by atoms with Gasteiger partial charge < -0.3 is 9.47 Å². The van der Waals surface area contributed by atoms with Gasteiger partial charge in [-0.05, 0) is 31.0 Å². The summed E-state index contributed by atoms with van der Waals surface area (Å²) in [6.45, 7) is 6.38. The Balaban J connectivity index is 2.20. The van der Waals surface area contributed by atoms with Gasteiger partial charge >= 0.3 is 0 Å². The monoisotopic (exact) mass is 463 g/mol. The van der Waals surface area contributed by atoms with Crippen LogP contribution in [0.15, 0.2) is 41.5 Å². The summed E-state index contributed by atoms with van der Waals surface area (Å²) < 4.78 is 13.8. The lowest BCUT2D eigenvalue weighted by atomic mass is 9.80. The normalized spacial score (nSPS) is 13.2. The number of rotatable bonds is 9. The standard InChI is InChI=1S/C25H29N5O4/c1-16(23-28-20(14-31)22(33-5)24(32)29(23)4)21(19-10-8-7-9-17(19)11-26)18-12-27-30(13-18)15-25(2,3)34-6/h7-10,12-14,16,21H,15H2,1-6H3. The Morgan fingerprint density at radius 1 is 1.26 bits per heavy atom. The van der Waals surface area contributed by atoms with Gasteiger partial charge in [-0.25, -0.2) is 4.98 Å². The Hall–Kier alpha value is -3.77. The van der Waals surface area contributed by atoms with Gasteiger partial charge in [0.05, 0.1) is 37.1 Å². The molecule has 2 atom stereocenters. The first-order chi connectivity index (χ1) is 16.2. The molecule has 2 unspecified atom stereocenters. The zero-order valence-corrected chi connectivity index (χ0v) is 20.3. The molecule has 178 valence electrons. The lowest BCUT2D eigenvalue weighted by Gasteiger charge is -2.26. The summed E-state index contributed by atoms with van der Waals surface area (Å²) in [5.74, 6) is -0.446. The number of aromatic nitrogens is 4. The van der Waals surface area contributed by atoms with Crippen molar-refractivity contribution >= 4 is 6.29 Å². The van der Waals surface area contributed by atoms with Crippen LogP contribution in [0.5, 0.6) is 5.75 Å². The van der Waals surface area contributed by atoms with Gasteiger partial charge in [0.15, 0.2) is 12.0 Å². The highest BCUT2D eigenvalue weighted by Gasteiger charge is 2.31. The Labute approximate surface area is 198 Å². The summed E-state index contributed by atoms with van der Waals surface area (Å²) >= 11 is 0. The number of ether oxygens (including phenoxy) is 2. The molecule has 1 aromatic carbocycles. The van der Waals surface area contributed by atoms with E-state index in [1.54, 1.807) is 37.2 Å². The number of hydrogen-bond donors (Lipinski definition) is 0. The van der Waals surface area contributed by atoms with Crippen molar-refractivity contribution in [3.8, 4) is 11.8 Å². The third-order valence-electron chi connectivity index (χ3n) is 6.06. The van der Waals surface area contributed by atoms with Crippen LogP contribution in [0.4, 0.5) is 0 Å². The minimum atomic E-state index is -0.452. The van der Waals surface area contributed by atoms with Crippen molar-refractivity contribution < 1.29 is 14.3 Å². The van der Waals surface area contributed by atoms with Crippen LogP contribution in [0.2, 0.25) is 0 Å². The number of methoxy groups -OCH3 is 2. The third-order valence-corrected chi connectivity index (χ3v) is 6.06. The molecular weight excluding hydrogens is 434 g/mol. The van der Waals surface area contributed by atoms with Crippen molar-refractivity contribution in [1.82, 2.24) is 19.3 Å². The number of carbonyl (C=O) groups excluding carboxylic acids is 1. The molecule has 34 heavy (non-hydrogen) atoms. The van der Waals surface area contributed by atoms with E-state index in [4.69, 9.17) is 9.47 Å². The molecule has 0 aliphatic rings. The largest absolute Gasteiger partial charge is 0.489 e. The van der Waals surface area contributed by atoms with Crippen molar-refractivity contribution in [1.29, 1.82) is 5.26 Å². The second kappa shape index (κ2) is 10.0. The zero-order chi connectivity index (χ0) is 25.0. The maximum atomic E-state index is 12.9. The molecule has 9 heteroatoms. The van der Waals surface area contributed by atoms with Crippen molar-refractivity contribution in [3.05, 3.63) is 75.2 Å². The number of carbonyl (C=O) groups is 1. The van der Waals surface area contributed by atoms with Gasteiger partial charge in [0.1, 0.15) is 5.82 Å². The van der Waals surface area contributed by atoms with Crippen LogP contribution in [0, 0.1) is 11.3 Å². The van der Waals surface area contributed by atoms with Crippen molar-refractivity contribution in [3.63, 3.8) is 0 Å². The van der Waals surface area contributed by atoms with E-state index in [0.29, 0.717) is 24.2 Å². The van der Waals surface area contributed by atoms with Crippen molar-refractivity contribution in [2.75, 3.05) is 14.2 Å². The Bertz CT molecular complexity index is 1290. The van der Waals surface area contributed by atoms with Crippen LogP contribution in [-0.2, 0) is 18.3 Å². The fourth-order valence-electron chi connectivity index (χ4n) is 4.13. The molecule has 0 saturated carbocycles. The van der Waals surface area contributed by atoms with E-state index in [-0.39, 0.29) is 23.3 Å². The molecular formula is C25H29N5O4. The van der Waals surface area contributed by atoms with Crippen LogP contribution in [0.3, 0.4) is 0 Å². The second-order valence-corrected chi connectivity index (χ2v) is 8.77. The molecule has 0 radical (unpaired) electrons. The zero-order valence-electron chi connectivity index (χ0n) is 20.3. The summed E-state index contributed by atoms with van der Waals surface area (Å²) in [6, 6.07) is 9.58. The molecule has 3 aromatic rings. The molecule has 2 heterocycles. The van der Waals surface area contributed by atoms with E-state index in [2.05, 4.69) is 16.2 Å². The van der Waals surface area contributed by atoms with Gasteiger partial charge in [-0.15, -0.1) is 0 Å². The first-order valence-corrected chi connectivity index (χ1v) is 10.8. The summed E-state index contributed by atoms with van der Waals surface area (Å²) in [6.07, 6.45) is 4.18. The molecule has 0 amide bonds. The van der Waals surface area contributed by atoms with Crippen LogP contribution < -0.4 is 10.3 Å². The fraction of sp³-hybridized carbons (Fsp3) is 0.400. The van der Waals surface area contributed by atoms with Crippen molar-refractivity contribution in [2.24, 2.45) is 7.05 Å². The van der Waals surface area contributed by atoms with Crippen molar-refractivity contribution in [2.45, 2.75) is 44.8 Å². The highest BCUT2D eigenvalue weighted by Crippen LogP contribution is 2.39. The van der Waals surface area contributed by atoms with Gasteiger partial charge in [0.2, 0.25) is 5.75 Å². The molecule has 0 aliphatic heterocycles. The first-order valence-electron chi connectivity index (χ1n) is 10.8. The molecule has 0 bridgehead atoms. The number of aldehydes is 1. The third kappa shape index (κ3) is 4.77. The Morgan fingerprint density at radius 2 is 1.97 bits per heavy atom. The van der Waals surface area contributed by atoms with Crippen LogP contribution >= 0.6 is 0 Å². The van der Waals surface area contributed by atoms with E-state index >= 15 is 0 Å². The van der Waals surface area contributed by atoms with Gasteiger partial charge in [0.25, 0.3) is 5.56 Å². The summed E-state index contributed by atoms with van der Waals surface area (Å²) in [7, 11) is 4.57. The topological polar surface area (TPSA) is 112 Å². The highest BCUT2D eigenvalue weighted by molar-refractivity contribution is 5.76. The second-order valence-electron chi connectivity index (χ2n) is 8.77. The number of benzene rings is 1. The number of nitriles is 1. The van der Waals surface area contributed by atoms with Gasteiger partial charge in [0, 0.05) is 32.2 Å². The smallest absolute Gasteiger partial charge is 0.296 e. The highest BCUT2D eigenvalue weighted by atomic mass is 16.5. The predicted octanol–water partition coefficient (Wildman–Crippen LogP) is 3.03. The maximum absolute atomic E-state index is 12.9. The predicted molar refractivity (Wildman–Crippen MR) is 126 cm³/mol. The fourth-order valence-corrected chi connectivity index (χ4v) is 4.13. The molecule has 0 spiro atoms. The maximum Gasteiger partial charge on any atom is 0.296 e. The first kappa shape index (κ1) is 24.9. The molecule has 0 fully saturated rings. The van der Waals surface area contributed by atoms with Crippen LogP contribution in [0.1, 0.15) is 65.6 Å². The Morgan fingerprint density at radius 3 is 2.59 bits per heavy atom. The van der Waals surface area contributed by atoms with E-state index in [0.717, 1.165) is 11.1 Å². The molecule has 3 rings (SSSR count). The van der Waals surface area contributed by atoms with Crippen LogP contribution in [-0.4, -0.2) is 45.4 Å². The molecule has 0 saturated heterocycles. The summed E-state index contributed by atoms with van der Waals surface area (Å²) in [5.41, 5.74) is 1.21. The van der Waals surface area contributed by atoms with E-state index in [9.17, 15) is 14.9 Å². The molecule has 0 N–H and O–H groups in total. The summed E-state index contributed by atoms with van der Waals surface area (Å²) in [5, 5.41) is 14.3. The average molecular weight is 464 g/mol. The number of hydrogen-bond acceptors (Lipinski definition) is 7. The van der Waals surface area contributed by atoms with E-state index < -0.39 is 11.2 Å². The molecule has 2 aromatic heterocycles. The van der Waals surface area contributed by atoms with Gasteiger partial charge in [-0.1, -0.05) is 25.1 Å². The van der Waals surface area contributed by atoms with Gasteiger partial charge in [-0.2, -0.15) is 10.4 Å². The summed E-state index contributed by atoms with van der Waals surface area (Å²) in [4.78, 5) is 29.0. The van der Waals surface area contributed by atoms with E-state index in [1.165, 1.54) is 11.7 Å². The number of nitrogens with zero attached hydrogens (tertiary/aromatic N) is 5. The molecule has 9 nitrogen and oxygen atoms in total.